The lowest BCUT2D eigenvalue weighted by Crippen LogP contribution is -1.97. The summed E-state index contributed by atoms with van der Waals surface area (Å²) in [6.07, 6.45) is 5.17. The van der Waals surface area contributed by atoms with Gasteiger partial charge in [0.1, 0.15) is 5.76 Å². The molecule has 0 heterocycles. The van der Waals surface area contributed by atoms with Gasteiger partial charge in [0, 0.05) is 13.5 Å². The molecular formula is C10H15NO. The van der Waals surface area contributed by atoms with Crippen LogP contribution in [0.5, 0.6) is 0 Å². The monoisotopic (exact) mass is 165 g/mol. The average molecular weight is 165 g/mol. The third kappa shape index (κ3) is 5.47. The minimum absolute atomic E-state index is 0.574. The van der Waals surface area contributed by atoms with Gasteiger partial charge in [-0.3, -0.25) is 4.99 Å². The Hall–Kier alpha value is -1.31. The molecule has 0 N–H and O–H groups in total. The van der Waals surface area contributed by atoms with Crippen molar-refractivity contribution in [1.82, 2.24) is 0 Å². The summed E-state index contributed by atoms with van der Waals surface area (Å²) in [5.41, 5.74) is 0. The maximum Gasteiger partial charge on any atom is 0.186 e. The fourth-order valence-electron chi connectivity index (χ4n) is 0.654. The lowest BCUT2D eigenvalue weighted by Gasteiger charge is -2.02. The van der Waals surface area contributed by atoms with Gasteiger partial charge in [0.2, 0.25) is 0 Å². The molecule has 0 fully saturated rings. The Kier molecular flexibility index (Phi) is 5.70. The summed E-state index contributed by atoms with van der Waals surface area (Å²) in [4.78, 5) is 4.05. The van der Waals surface area contributed by atoms with Crippen molar-refractivity contribution < 1.29 is 4.74 Å². The number of ether oxygens (including phenoxy) is 1. The molecule has 0 spiro atoms. The Labute approximate surface area is 74.0 Å². The molecule has 12 heavy (non-hydrogen) atoms. The maximum atomic E-state index is 5.21. The van der Waals surface area contributed by atoms with E-state index in [1.165, 1.54) is 0 Å². The van der Waals surface area contributed by atoms with Crippen LogP contribution in [0.15, 0.2) is 42.1 Å². The Balaban J connectivity index is 3.92. The normalized spacial score (nSPS) is 11.7. The molecule has 0 bridgehead atoms. The van der Waals surface area contributed by atoms with Crippen LogP contribution in [-0.2, 0) is 4.74 Å². The number of hydrogen-bond donors (Lipinski definition) is 0. The molecule has 0 saturated heterocycles. The van der Waals surface area contributed by atoms with Gasteiger partial charge in [-0.1, -0.05) is 25.3 Å². The second-order valence-corrected chi connectivity index (χ2v) is 2.16. The molecule has 0 amide bonds. The van der Waals surface area contributed by atoms with Gasteiger partial charge >= 0.3 is 0 Å². The summed E-state index contributed by atoms with van der Waals surface area (Å²) in [5.74, 6) is 1.21. The summed E-state index contributed by atoms with van der Waals surface area (Å²) >= 11 is 0. The van der Waals surface area contributed by atoms with E-state index in [4.69, 9.17) is 4.74 Å². The summed E-state index contributed by atoms with van der Waals surface area (Å²) in [7, 11) is 0. The maximum absolute atomic E-state index is 5.21. The third-order valence-corrected chi connectivity index (χ3v) is 1.08. The highest BCUT2D eigenvalue weighted by Gasteiger charge is 1.91. The predicted octanol–water partition coefficient (Wildman–Crippen LogP) is 2.70. The molecule has 0 aliphatic carbocycles. The summed E-state index contributed by atoms with van der Waals surface area (Å²) in [6, 6.07) is 0. The van der Waals surface area contributed by atoms with Crippen molar-refractivity contribution in [3.8, 4) is 0 Å². The molecule has 2 nitrogen and oxygen atoms in total. The third-order valence-electron chi connectivity index (χ3n) is 1.08. The SMILES string of the molecule is C=C/C=C\C(=C)OC(C)=NCC. The van der Waals surface area contributed by atoms with Crippen molar-refractivity contribution in [2.75, 3.05) is 6.54 Å². The fraction of sp³-hybridized carbons (Fsp3) is 0.300. The minimum Gasteiger partial charge on any atom is -0.444 e. The van der Waals surface area contributed by atoms with Gasteiger partial charge in [-0.05, 0) is 13.0 Å². The smallest absolute Gasteiger partial charge is 0.186 e. The van der Waals surface area contributed by atoms with Crippen molar-refractivity contribution in [2.24, 2.45) is 4.99 Å². The lowest BCUT2D eigenvalue weighted by atomic mass is 10.4. The van der Waals surface area contributed by atoms with E-state index in [-0.39, 0.29) is 0 Å². The molecule has 0 unspecified atom stereocenters. The highest BCUT2D eigenvalue weighted by Crippen LogP contribution is 1.97. The minimum atomic E-state index is 0.574. The molecule has 0 atom stereocenters. The second-order valence-electron chi connectivity index (χ2n) is 2.16. The Bertz CT molecular complexity index is 214. The standard InChI is InChI=1S/C10H15NO/c1-5-7-8-9(3)12-10(4)11-6-2/h5,7-8H,1,3,6H2,2,4H3/b8-7-,11-10?. The highest BCUT2D eigenvalue weighted by molar-refractivity contribution is 5.74. The van der Waals surface area contributed by atoms with Gasteiger partial charge < -0.3 is 4.74 Å². The molecular weight excluding hydrogens is 150 g/mol. The van der Waals surface area contributed by atoms with E-state index in [2.05, 4.69) is 18.2 Å². The topological polar surface area (TPSA) is 21.6 Å². The van der Waals surface area contributed by atoms with Gasteiger partial charge in [-0.15, -0.1) is 0 Å². The van der Waals surface area contributed by atoms with Gasteiger partial charge in [0.25, 0.3) is 0 Å². The largest absolute Gasteiger partial charge is 0.444 e. The number of rotatable bonds is 4. The van der Waals surface area contributed by atoms with E-state index >= 15 is 0 Å². The van der Waals surface area contributed by atoms with Crippen molar-refractivity contribution in [3.63, 3.8) is 0 Å². The summed E-state index contributed by atoms with van der Waals surface area (Å²) in [5, 5.41) is 0. The predicted molar refractivity (Wildman–Crippen MR) is 53.2 cm³/mol. The number of hydrogen-bond acceptors (Lipinski definition) is 2. The van der Waals surface area contributed by atoms with Crippen molar-refractivity contribution in [3.05, 3.63) is 37.1 Å². The zero-order valence-corrected chi connectivity index (χ0v) is 7.71. The molecule has 0 aliphatic rings. The van der Waals surface area contributed by atoms with Crippen molar-refractivity contribution in [1.29, 1.82) is 0 Å². The average Bonchev–Trinajstić information content (AvgIpc) is 2.01. The first-order chi connectivity index (χ1) is 5.70. The molecule has 0 aromatic rings. The molecule has 66 valence electrons. The van der Waals surface area contributed by atoms with E-state index in [9.17, 15) is 0 Å². The van der Waals surface area contributed by atoms with E-state index < -0.39 is 0 Å². The van der Waals surface area contributed by atoms with Crippen LogP contribution in [0.25, 0.3) is 0 Å². The first kappa shape index (κ1) is 10.7. The van der Waals surface area contributed by atoms with E-state index in [1.54, 1.807) is 25.2 Å². The van der Waals surface area contributed by atoms with Crippen LogP contribution in [0.4, 0.5) is 0 Å². The van der Waals surface area contributed by atoms with Gasteiger partial charge in [0.05, 0.1) is 0 Å². The van der Waals surface area contributed by atoms with Crippen LogP contribution >= 0.6 is 0 Å². The second kappa shape index (κ2) is 6.40. The summed E-state index contributed by atoms with van der Waals surface area (Å²) in [6.45, 7) is 11.7. The lowest BCUT2D eigenvalue weighted by molar-refractivity contribution is 0.431. The van der Waals surface area contributed by atoms with Crippen LogP contribution < -0.4 is 0 Å². The molecule has 0 aromatic carbocycles. The molecule has 0 aromatic heterocycles. The quantitative estimate of drug-likeness (QED) is 0.271. The van der Waals surface area contributed by atoms with Gasteiger partial charge in [-0.2, -0.15) is 0 Å². The van der Waals surface area contributed by atoms with E-state index in [0.717, 1.165) is 6.54 Å². The van der Waals surface area contributed by atoms with Crippen molar-refractivity contribution in [2.45, 2.75) is 13.8 Å². The first-order valence-corrected chi connectivity index (χ1v) is 3.87. The number of aliphatic imine (C=N–C) groups is 1. The van der Waals surface area contributed by atoms with Crippen LogP contribution in [0.1, 0.15) is 13.8 Å². The summed E-state index contributed by atoms with van der Waals surface area (Å²) < 4.78 is 5.21. The number of nitrogens with zero attached hydrogens (tertiary/aromatic N) is 1. The van der Waals surface area contributed by atoms with Gasteiger partial charge in [-0.25, -0.2) is 0 Å². The van der Waals surface area contributed by atoms with Crippen LogP contribution in [0.2, 0.25) is 0 Å². The van der Waals surface area contributed by atoms with E-state index in [1.807, 2.05) is 6.92 Å². The van der Waals surface area contributed by atoms with E-state index in [0.29, 0.717) is 11.7 Å². The highest BCUT2D eigenvalue weighted by atomic mass is 16.5. The number of allylic oxidation sites excluding steroid dienone is 3. The Morgan fingerprint density at radius 2 is 2.25 bits per heavy atom. The molecule has 0 rings (SSSR count). The Morgan fingerprint density at radius 3 is 2.75 bits per heavy atom. The van der Waals surface area contributed by atoms with Gasteiger partial charge in [0.15, 0.2) is 5.90 Å². The molecule has 0 aliphatic heterocycles. The zero-order valence-electron chi connectivity index (χ0n) is 7.71. The van der Waals surface area contributed by atoms with Crippen molar-refractivity contribution >= 4 is 5.90 Å². The van der Waals surface area contributed by atoms with Crippen LogP contribution in [0, 0.1) is 0 Å². The first-order valence-electron chi connectivity index (χ1n) is 3.87. The zero-order chi connectivity index (χ0) is 9.40. The molecule has 0 radical (unpaired) electrons. The Morgan fingerprint density at radius 1 is 1.58 bits per heavy atom. The van der Waals surface area contributed by atoms with Crippen LogP contribution in [-0.4, -0.2) is 12.4 Å². The van der Waals surface area contributed by atoms with Crippen LogP contribution in [0.3, 0.4) is 0 Å². The fourth-order valence-corrected chi connectivity index (χ4v) is 0.654. The molecule has 0 saturated carbocycles. The molecule has 2 heteroatoms.